The zero-order valence-electron chi connectivity index (χ0n) is 13.8. The van der Waals surface area contributed by atoms with E-state index in [1.165, 1.54) is 31.4 Å². The van der Waals surface area contributed by atoms with Crippen LogP contribution in [0.25, 0.3) is 6.08 Å². The maximum Gasteiger partial charge on any atom is 0.189 e. The normalized spacial score (nSPS) is 10.7. The Bertz CT molecular complexity index is 753. The standard InChI is InChI=1S/C19H19FO4/c1-4-24-17-10-7-14(20)12-15(17)16(21)8-5-13-6-9-18(22-2)19(11-13)23-3/h5-12H,4H2,1-3H3/b8-5+. The zero-order chi connectivity index (χ0) is 17.5. The molecule has 0 aliphatic rings. The van der Waals surface area contributed by atoms with Gasteiger partial charge in [-0.2, -0.15) is 0 Å². The Kier molecular flexibility index (Phi) is 5.95. The highest BCUT2D eigenvalue weighted by Crippen LogP contribution is 2.28. The summed E-state index contributed by atoms with van der Waals surface area (Å²) >= 11 is 0. The average Bonchev–Trinajstić information content (AvgIpc) is 2.61. The summed E-state index contributed by atoms with van der Waals surface area (Å²) in [6, 6.07) is 9.18. The number of allylic oxidation sites excluding steroid dienone is 1. The number of hydrogen-bond acceptors (Lipinski definition) is 4. The van der Waals surface area contributed by atoms with E-state index >= 15 is 0 Å². The quantitative estimate of drug-likeness (QED) is 0.565. The molecule has 0 fully saturated rings. The summed E-state index contributed by atoms with van der Waals surface area (Å²) in [5.74, 6) is 0.701. The Morgan fingerprint density at radius 3 is 2.42 bits per heavy atom. The van der Waals surface area contributed by atoms with Crippen molar-refractivity contribution in [2.75, 3.05) is 20.8 Å². The minimum atomic E-state index is -0.485. The number of halogens is 1. The van der Waals surface area contributed by atoms with E-state index in [9.17, 15) is 9.18 Å². The first-order valence-corrected chi connectivity index (χ1v) is 7.45. The van der Waals surface area contributed by atoms with Gasteiger partial charge in [-0.1, -0.05) is 12.1 Å². The van der Waals surface area contributed by atoms with Crippen LogP contribution in [0.4, 0.5) is 4.39 Å². The average molecular weight is 330 g/mol. The molecule has 126 valence electrons. The van der Waals surface area contributed by atoms with Crippen LogP contribution in [-0.4, -0.2) is 26.6 Å². The van der Waals surface area contributed by atoms with Crippen molar-refractivity contribution < 1.29 is 23.4 Å². The van der Waals surface area contributed by atoms with Gasteiger partial charge in [-0.15, -0.1) is 0 Å². The molecule has 0 aromatic heterocycles. The summed E-state index contributed by atoms with van der Waals surface area (Å²) in [5, 5.41) is 0. The minimum absolute atomic E-state index is 0.188. The lowest BCUT2D eigenvalue weighted by molar-refractivity contribution is 0.104. The molecule has 0 saturated carbocycles. The van der Waals surface area contributed by atoms with Crippen molar-refractivity contribution in [1.29, 1.82) is 0 Å². The summed E-state index contributed by atoms with van der Waals surface area (Å²) < 4.78 is 29.2. The molecular formula is C19H19FO4. The van der Waals surface area contributed by atoms with Crippen LogP contribution in [0.1, 0.15) is 22.8 Å². The van der Waals surface area contributed by atoms with E-state index in [1.807, 2.05) is 0 Å². The summed E-state index contributed by atoms with van der Waals surface area (Å²) in [5.41, 5.74) is 0.948. The maximum absolute atomic E-state index is 13.4. The Labute approximate surface area is 140 Å². The second-order valence-electron chi connectivity index (χ2n) is 4.89. The molecule has 0 spiro atoms. The number of ketones is 1. The van der Waals surface area contributed by atoms with Crippen LogP contribution in [0, 0.1) is 5.82 Å². The molecule has 2 aromatic rings. The molecule has 24 heavy (non-hydrogen) atoms. The maximum atomic E-state index is 13.4. The molecule has 2 rings (SSSR count). The second kappa shape index (κ2) is 8.15. The molecule has 0 bridgehead atoms. The molecule has 0 atom stereocenters. The molecule has 5 heteroatoms. The van der Waals surface area contributed by atoms with E-state index in [1.54, 1.807) is 38.3 Å². The largest absolute Gasteiger partial charge is 0.493 e. The first kappa shape index (κ1) is 17.5. The van der Waals surface area contributed by atoms with Crippen molar-refractivity contribution in [3.8, 4) is 17.2 Å². The third-order valence-corrected chi connectivity index (χ3v) is 3.34. The lowest BCUT2D eigenvalue weighted by Gasteiger charge is -2.08. The fraction of sp³-hybridized carbons (Fsp3) is 0.211. The number of benzene rings is 2. The fourth-order valence-corrected chi connectivity index (χ4v) is 2.19. The van der Waals surface area contributed by atoms with Gasteiger partial charge in [-0.25, -0.2) is 4.39 Å². The van der Waals surface area contributed by atoms with Crippen LogP contribution in [0.2, 0.25) is 0 Å². The summed E-state index contributed by atoms with van der Waals surface area (Å²) in [7, 11) is 3.09. The van der Waals surface area contributed by atoms with Gasteiger partial charge in [0.05, 0.1) is 26.4 Å². The van der Waals surface area contributed by atoms with Crippen molar-refractivity contribution in [1.82, 2.24) is 0 Å². The van der Waals surface area contributed by atoms with Gasteiger partial charge >= 0.3 is 0 Å². The molecular weight excluding hydrogens is 311 g/mol. The third kappa shape index (κ3) is 4.13. The van der Waals surface area contributed by atoms with Crippen LogP contribution < -0.4 is 14.2 Å². The molecule has 0 aliphatic carbocycles. The van der Waals surface area contributed by atoms with E-state index in [0.29, 0.717) is 23.9 Å². The van der Waals surface area contributed by atoms with Gasteiger partial charge in [0.2, 0.25) is 0 Å². The lowest BCUT2D eigenvalue weighted by Crippen LogP contribution is -2.02. The zero-order valence-corrected chi connectivity index (χ0v) is 13.8. The van der Waals surface area contributed by atoms with Gasteiger partial charge in [-0.05, 0) is 48.9 Å². The van der Waals surface area contributed by atoms with E-state index in [4.69, 9.17) is 14.2 Å². The highest BCUT2D eigenvalue weighted by atomic mass is 19.1. The molecule has 0 aliphatic heterocycles. The number of rotatable bonds is 7. The number of carbonyl (C=O) groups is 1. The van der Waals surface area contributed by atoms with Crippen molar-refractivity contribution in [2.24, 2.45) is 0 Å². The van der Waals surface area contributed by atoms with Crippen molar-refractivity contribution in [3.63, 3.8) is 0 Å². The molecule has 0 N–H and O–H groups in total. The monoisotopic (exact) mass is 330 g/mol. The molecule has 0 amide bonds. The Hall–Kier alpha value is -2.82. The van der Waals surface area contributed by atoms with Gasteiger partial charge < -0.3 is 14.2 Å². The molecule has 0 saturated heterocycles. The van der Waals surface area contributed by atoms with Crippen LogP contribution >= 0.6 is 0 Å². The van der Waals surface area contributed by atoms with Crippen molar-refractivity contribution in [3.05, 3.63) is 59.4 Å². The predicted molar refractivity (Wildman–Crippen MR) is 90.5 cm³/mol. The lowest BCUT2D eigenvalue weighted by atomic mass is 10.1. The molecule has 2 aromatic carbocycles. The van der Waals surface area contributed by atoms with Gasteiger partial charge in [0.1, 0.15) is 11.6 Å². The van der Waals surface area contributed by atoms with Crippen molar-refractivity contribution >= 4 is 11.9 Å². The van der Waals surface area contributed by atoms with Crippen LogP contribution in [0.3, 0.4) is 0 Å². The highest BCUT2D eigenvalue weighted by Gasteiger charge is 2.11. The number of ether oxygens (including phenoxy) is 3. The van der Waals surface area contributed by atoms with Gasteiger partial charge in [0.25, 0.3) is 0 Å². The first-order chi connectivity index (χ1) is 11.6. The topological polar surface area (TPSA) is 44.8 Å². The predicted octanol–water partition coefficient (Wildman–Crippen LogP) is 4.14. The molecule has 4 nitrogen and oxygen atoms in total. The number of carbonyl (C=O) groups excluding carboxylic acids is 1. The Morgan fingerprint density at radius 1 is 1.04 bits per heavy atom. The van der Waals surface area contributed by atoms with Gasteiger partial charge in [0, 0.05) is 0 Å². The fourth-order valence-electron chi connectivity index (χ4n) is 2.19. The Balaban J connectivity index is 2.26. The Morgan fingerprint density at radius 2 is 1.75 bits per heavy atom. The van der Waals surface area contributed by atoms with Crippen molar-refractivity contribution in [2.45, 2.75) is 6.92 Å². The first-order valence-electron chi connectivity index (χ1n) is 7.45. The van der Waals surface area contributed by atoms with E-state index in [-0.39, 0.29) is 11.3 Å². The second-order valence-corrected chi connectivity index (χ2v) is 4.89. The van der Waals surface area contributed by atoms with Crippen LogP contribution in [0.15, 0.2) is 42.5 Å². The molecule has 0 radical (unpaired) electrons. The van der Waals surface area contributed by atoms with E-state index in [2.05, 4.69) is 0 Å². The third-order valence-electron chi connectivity index (χ3n) is 3.34. The molecule has 0 unspecified atom stereocenters. The summed E-state index contributed by atoms with van der Waals surface area (Å²) in [6.07, 6.45) is 3.00. The number of methoxy groups -OCH3 is 2. The SMILES string of the molecule is CCOc1ccc(F)cc1C(=O)/C=C/c1ccc(OC)c(OC)c1. The summed E-state index contributed by atoms with van der Waals surface area (Å²) in [6.45, 7) is 2.20. The van der Waals surface area contributed by atoms with Gasteiger partial charge in [-0.3, -0.25) is 4.79 Å². The summed E-state index contributed by atoms with van der Waals surface area (Å²) in [4.78, 5) is 12.4. The minimum Gasteiger partial charge on any atom is -0.493 e. The van der Waals surface area contributed by atoms with E-state index in [0.717, 1.165) is 5.56 Å². The van der Waals surface area contributed by atoms with E-state index < -0.39 is 5.82 Å². The van der Waals surface area contributed by atoms with Crippen LogP contribution in [-0.2, 0) is 0 Å². The smallest absolute Gasteiger partial charge is 0.189 e. The van der Waals surface area contributed by atoms with Crippen LogP contribution in [0.5, 0.6) is 17.2 Å². The highest BCUT2D eigenvalue weighted by molar-refractivity contribution is 6.08. The molecule has 0 heterocycles. The van der Waals surface area contributed by atoms with Gasteiger partial charge in [0.15, 0.2) is 17.3 Å². The number of hydrogen-bond donors (Lipinski definition) is 0.